The lowest BCUT2D eigenvalue weighted by atomic mass is 10.3. The maximum Gasteiger partial charge on any atom is 0.300 e. The molecule has 0 saturated heterocycles. The van der Waals surface area contributed by atoms with Gasteiger partial charge in [-0.2, -0.15) is 4.98 Å². The maximum atomic E-state index is 5.72. The minimum Gasteiger partial charge on any atom is -0.425 e. The largest absolute Gasteiger partial charge is 0.425 e. The Balaban J connectivity index is 1.98. The molecule has 0 aliphatic carbocycles. The summed E-state index contributed by atoms with van der Waals surface area (Å²) in [6.45, 7) is 0. The molecular formula is C13H10IN3O. The monoisotopic (exact) mass is 351 g/mol. The summed E-state index contributed by atoms with van der Waals surface area (Å²) in [7, 11) is 0. The number of anilines is 1. The van der Waals surface area contributed by atoms with Gasteiger partial charge in [0.25, 0.3) is 6.01 Å². The van der Waals surface area contributed by atoms with Gasteiger partial charge in [-0.25, -0.2) is 0 Å². The Morgan fingerprint density at radius 3 is 2.83 bits per heavy atom. The van der Waals surface area contributed by atoms with E-state index in [0.29, 0.717) is 11.7 Å². The van der Waals surface area contributed by atoms with E-state index < -0.39 is 0 Å². The van der Waals surface area contributed by atoms with E-state index >= 15 is 0 Å². The number of nitrogens with zero attached hydrogens (tertiary/aromatic N) is 1. The minimum absolute atomic E-state index is 0.472. The standard InChI is InChI=1S/C13H10IN3O/c14-9-3-1-2-4-12(9)18-13-16-10-6-5-8(15)7-11(10)17-13/h1-7H,15H2,(H,16,17). The van der Waals surface area contributed by atoms with Gasteiger partial charge in [-0.1, -0.05) is 12.1 Å². The zero-order valence-corrected chi connectivity index (χ0v) is 11.5. The molecule has 0 unspecified atom stereocenters. The Morgan fingerprint density at radius 1 is 1.17 bits per heavy atom. The Morgan fingerprint density at radius 2 is 2.00 bits per heavy atom. The molecule has 3 N–H and O–H groups in total. The number of aromatic nitrogens is 2. The summed E-state index contributed by atoms with van der Waals surface area (Å²) >= 11 is 2.22. The maximum absolute atomic E-state index is 5.72. The summed E-state index contributed by atoms with van der Waals surface area (Å²) in [5.74, 6) is 0.783. The highest BCUT2D eigenvalue weighted by Gasteiger charge is 2.06. The Hall–Kier alpha value is -1.76. The van der Waals surface area contributed by atoms with E-state index in [4.69, 9.17) is 10.5 Å². The number of imidazole rings is 1. The lowest BCUT2D eigenvalue weighted by Crippen LogP contribution is -1.88. The molecule has 5 heteroatoms. The molecule has 0 spiro atoms. The molecule has 0 amide bonds. The van der Waals surface area contributed by atoms with Gasteiger partial charge >= 0.3 is 0 Å². The van der Waals surface area contributed by atoms with Crippen molar-refractivity contribution in [2.75, 3.05) is 5.73 Å². The molecule has 1 heterocycles. The molecule has 3 rings (SSSR count). The molecule has 0 radical (unpaired) electrons. The van der Waals surface area contributed by atoms with Crippen molar-refractivity contribution >= 4 is 39.3 Å². The molecule has 0 fully saturated rings. The normalized spacial score (nSPS) is 10.7. The van der Waals surface area contributed by atoms with Gasteiger partial charge in [0.1, 0.15) is 5.75 Å². The van der Waals surface area contributed by atoms with E-state index in [1.807, 2.05) is 42.5 Å². The number of fused-ring (bicyclic) bond motifs is 1. The van der Waals surface area contributed by atoms with Crippen LogP contribution in [0.3, 0.4) is 0 Å². The third-order valence-electron chi connectivity index (χ3n) is 2.53. The second kappa shape index (κ2) is 4.49. The fourth-order valence-electron chi connectivity index (χ4n) is 1.68. The van der Waals surface area contributed by atoms with E-state index in [2.05, 4.69) is 32.6 Å². The van der Waals surface area contributed by atoms with Crippen molar-refractivity contribution < 1.29 is 4.74 Å². The van der Waals surface area contributed by atoms with Crippen LogP contribution in [0.4, 0.5) is 5.69 Å². The molecule has 0 atom stereocenters. The highest BCUT2D eigenvalue weighted by atomic mass is 127. The molecule has 2 aromatic carbocycles. The van der Waals surface area contributed by atoms with E-state index in [0.717, 1.165) is 20.4 Å². The molecule has 0 bridgehead atoms. The summed E-state index contributed by atoms with van der Waals surface area (Å²) < 4.78 is 6.76. The zero-order valence-electron chi connectivity index (χ0n) is 9.35. The van der Waals surface area contributed by atoms with E-state index in [1.54, 1.807) is 0 Å². The third-order valence-corrected chi connectivity index (χ3v) is 3.42. The van der Waals surface area contributed by atoms with Crippen molar-refractivity contribution in [3.8, 4) is 11.8 Å². The number of benzene rings is 2. The number of rotatable bonds is 2. The Bertz CT molecular complexity index is 708. The highest BCUT2D eigenvalue weighted by Crippen LogP contribution is 2.26. The molecule has 0 saturated carbocycles. The van der Waals surface area contributed by atoms with Crippen LogP contribution in [0.5, 0.6) is 11.8 Å². The van der Waals surface area contributed by atoms with Crippen LogP contribution in [0.15, 0.2) is 42.5 Å². The number of ether oxygens (including phenoxy) is 1. The topological polar surface area (TPSA) is 63.9 Å². The van der Waals surface area contributed by atoms with E-state index in [9.17, 15) is 0 Å². The average molecular weight is 351 g/mol. The first kappa shape index (κ1) is 11.3. The summed E-state index contributed by atoms with van der Waals surface area (Å²) in [6, 6.07) is 13.8. The smallest absolute Gasteiger partial charge is 0.300 e. The van der Waals surface area contributed by atoms with Gasteiger partial charge in [0.15, 0.2) is 0 Å². The van der Waals surface area contributed by atoms with Gasteiger partial charge in [0, 0.05) is 5.69 Å². The number of hydrogen-bond acceptors (Lipinski definition) is 3. The zero-order chi connectivity index (χ0) is 12.5. The first-order valence-electron chi connectivity index (χ1n) is 5.40. The SMILES string of the molecule is Nc1ccc2nc(Oc3ccccc3I)[nH]c2c1. The van der Waals surface area contributed by atoms with E-state index in [-0.39, 0.29) is 0 Å². The average Bonchev–Trinajstić information content (AvgIpc) is 2.73. The molecule has 18 heavy (non-hydrogen) atoms. The van der Waals surface area contributed by atoms with Gasteiger partial charge < -0.3 is 15.5 Å². The van der Waals surface area contributed by atoms with Crippen molar-refractivity contribution in [1.29, 1.82) is 0 Å². The molecule has 0 aliphatic heterocycles. The quantitative estimate of drug-likeness (QED) is 0.548. The number of aromatic amines is 1. The predicted octanol–water partition coefficient (Wildman–Crippen LogP) is 3.54. The molecule has 3 aromatic rings. The predicted molar refractivity (Wildman–Crippen MR) is 79.7 cm³/mol. The highest BCUT2D eigenvalue weighted by molar-refractivity contribution is 14.1. The minimum atomic E-state index is 0.472. The number of H-pyrrole nitrogens is 1. The van der Waals surface area contributed by atoms with Gasteiger partial charge in [-0.15, -0.1) is 0 Å². The second-order valence-electron chi connectivity index (χ2n) is 3.85. The Labute approximate surface area is 117 Å². The number of para-hydroxylation sites is 1. The lowest BCUT2D eigenvalue weighted by molar-refractivity contribution is 0.446. The van der Waals surface area contributed by atoms with Crippen molar-refractivity contribution in [2.45, 2.75) is 0 Å². The van der Waals surface area contributed by atoms with Gasteiger partial charge in [-0.05, 0) is 52.9 Å². The van der Waals surface area contributed by atoms with Crippen molar-refractivity contribution in [3.63, 3.8) is 0 Å². The van der Waals surface area contributed by atoms with Crippen LogP contribution >= 0.6 is 22.6 Å². The van der Waals surface area contributed by atoms with Crippen molar-refractivity contribution in [2.24, 2.45) is 0 Å². The first-order chi connectivity index (χ1) is 8.72. The second-order valence-corrected chi connectivity index (χ2v) is 5.01. The summed E-state index contributed by atoms with van der Waals surface area (Å²) in [4.78, 5) is 7.45. The third kappa shape index (κ3) is 2.13. The fraction of sp³-hybridized carbons (Fsp3) is 0. The van der Waals surface area contributed by atoms with Crippen molar-refractivity contribution in [1.82, 2.24) is 9.97 Å². The van der Waals surface area contributed by atoms with Crippen LogP contribution in [0.2, 0.25) is 0 Å². The molecule has 4 nitrogen and oxygen atoms in total. The number of halogens is 1. The van der Waals surface area contributed by atoms with Crippen LogP contribution in [0, 0.1) is 3.57 Å². The number of nitrogen functional groups attached to an aromatic ring is 1. The van der Waals surface area contributed by atoms with Gasteiger partial charge in [-0.3, -0.25) is 0 Å². The van der Waals surface area contributed by atoms with Crippen LogP contribution in [-0.2, 0) is 0 Å². The van der Waals surface area contributed by atoms with Crippen LogP contribution in [0.25, 0.3) is 11.0 Å². The molecule has 1 aromatic heterocycles. The fourth-order valence-corrected chi connectivity index (χ4v) is 2.18. The van der Waals surface area contributed by atoms with Crippen molar-refractivity contribution in [3.05, 3.63) is 46.0 Å². The van der Waals surface area contributed by atoms with Gasteiger partial charge in [0.05, 0.1) is 14.6 Å². The number of nitrogens with one attached hydrogen (secondary N) is 1. The number of nitrogens with two attached hydrogens (primary N) is 1. The van der Waals surface area contributed by atoms with Gasteiger partial charge in [0.2, 0.25) is 0 Å². The first-order valence-corrected chi connectivity index (χ1v) is 6.48. The van der Waals surface area contributed by atoms with Crippen LogP contribution < -0.4 is 10.5 Å². The number of hydrogen-bond donors (Lipinski definition) is 2. The van der Waals surface area contributed by atoms with E-state index in [1.165, 1.54) is 0 Å². The van der Waals surface area contributed by atoms with Crippen LogP contribution in [0.1, 0.15) is 0 Å². The summed E-state index contributed by atoms with van der Waals surface area (Å²) in [5, 5.41) is 0. The summed E-state index contributed by atoms with van der Waals surface area (Å²) in [5.41, 5.74) is 8.13. The summed E-state index contributed by atoms with van der Waals surface area (Å²) in [6.07, 6.45) is 0. The van der Waals surface area contributed by atoms with Crippen LogP contribution in [-0.4, -0.2) is 9.97 Å². The molecule has 90 valence electrons. The Kier molecular flexibility index (Phi) is 2.83. The molecule has 0 aliphatic rings. The lowest BCUT2D eigenvalue weighted by Gasteiger charge is -2.02. The molecular weight excluding hydrogens is 341 g/mol.